The largest absolute Gasteiger partial charge is 0.478 e. The van der Waals surface area contributed by atoms with Gasteiger partial charge in [-0.25, -0.2) is 9.18 Å². The van der Waals surface area contributed by atoms with E-state index in [2.05, 4.69) is 13.0 Å². The Hall–Kier alpha value is -2.93. The van der Waals surface area contributed by atoms with E-state index in [-0.39, 0.29) is 16.7 Å². The lowest BCUT2D eigenvalue weighted by molar-refractivity contribution is 0.0697. The van der Waals surface area contributed by atoms with Gasteiger partial charge < -0.3 is 5.11 Å². The highest BCUT2D eigenvalue weighted by atomic mass is 19.1. The number of hydrogen-bond acceptors (Lipinski definition) is 2. The number of unbranched alkanes of at least 4 members (excludes halogenated alkanes) is 2. The third-order valence-corrected chi connectivity index (χ3v) is 3.73. The van der Waals surface area contributed by atoms with Gasteiger partial charge in [-0.05, 0) is 29.7 Å². The van der Waals surface area contributed by atoms with Crippen LogP contribution in [0.2, 0.25) is 0 Å². The van der Waals surface area contributed by atoms with Gasteiger partial charge in [-0.3, -0.25) is 0 Å². The number of carbonyl (C=O) groups is 1. The standard InChI is InChI=1S/C20H18FNO2/c1-2-3-4-5-6-14-7-9-15(10-8-14)18-17(20(23)24)12-11-16(13-22)19(18)21/h5-12H,2-4H2,1H3,(H,23,24)/b6-5+. The van der Waals surface area contributed by atoms with Gasteiger partial charge in [-0.1, -0.05) is 56.2 Å². The van der Waals surface area contributed by atoms with Crippen molar-refractivity contribution in [2.24, 2.45) is 0 Å². The Morgan fingerprint density at radius 3 is 2.54 bits per heavy atom. The van der Waals surface area contributed by atoms with Crippen LogP contribution in [0.25, 0.3) is 17.2 Å². The van der Waals surface area contributed by atoms with Crippen LogP contribution in [0.1, 0.15) is 47.7 Å². The Balaban J connectivity index is 2.40. The molecular weight excluding hydrogens is 305 g/mol. The zero-order valence-electron chi connectivity index (χ0n) is 13.4. The molecule has 0 saturated heterocycles. The smallest absolute Gasteiger partial charge is 0.336 e. The Bertz CT molecular complexity index is 802. The molecule has 1 N–H and O–H groups in total. The van der Waals surface area contributed by atoms with Crippen molar-refractivity contribution in [2.75, 3.05) is 0 Å². The zero-order valence-corrected chi connectivity index (χ0v) is 13.4. The number of benzene rings is 2. The first kappa shape index (κ1) is 17.4. The first-order valence-corrected chi connectivity index (χ1v) is 7.81. The molecule has 2 aromatic carbocycles. The molecule has 0 fully saturated rings. The average molecular weight is 323 g/mol. The molecule has 122 valence electrons. The van der Waals surface area contributed by atoms with Gasteiger partial charge in [-0.15, -0.1) is 0 Å². The molecule has 2 rings (SSSR count). The number of carboxylic acid groups (broad SMARTS) is 1. The van der Waals surface area contributed by atoms with E-state index in [0.717, 1.165) is 24.8 Å². The van der Waals surface area contributed by atoms with Gasteiger partial charge in [0.2, 0.25) is 0 Å². The molecule has 0 radical (unpaired) electrons. The number of nitrogens with zero attached hydrogens (tertiary/aromatic N) is 1. The van der Waals surface area contributed by atoms with Gasteiger partial charge in [-0.2, -0.15) is 5.26 Å². The Morgan fingerprint density at radius 2 is 1.96 bits per heavy atom. The van der Waals surface area contributed by atoms with Crippen molar-refractivity contribution in [1.29, 1.82) is 5.26 Å². The van der Waals surface area contributed by atoms with Crippen molar-refractivity contribution >= 4 is 12.0 Å². The molecule has 0 bridgehead atoms. The predicted molar refractivity (Wildman–Crippen MR) is 92.1 cm³/mol. The third-order valence-electron chi connectivity index (χ3n) is 3.73. The van der Waals surface area contributed by atoms with Crippen LogP contribution in [-0.4, -0.2) is 11.1 Å². The molecule has 0 aliphatic heterocycles. The molecule has 3 nitrogen and oxygen atoms in total. The van der Waals surface area contributed by atoms with Crippen molar-refractivity contribution in [1.82, 2.24) is 0 Å². The lowest BCUT2D eigenvalue weighted by Crippen LogP contribution is -2.03. The first-order chi connectivity index (χ1) is 11.6. The number of allylic oxidation sites excluding steroid dienone is 1. The first-order valence-electron chi connectivity index (χ1n) is 7.81. The van der Waals surface area contributed by atoms with Gasteiger partial charge in [0.05, 0.1) is 11.1 Å². The maximum atomic E-state index is 14.5. The topological polar surface area (TPSA) is 61.1 Å². The highest BCUT2D eigenvalue weighted by Gasteiger charge is 2.19. The summed E-state index contributed by atoms with van der Waals surface area (Å²) in [4.78, 5) is 11.4. The van der Waals surface area contributed by atoms with Crippen LogP contribution < -0.4 is 0 Å². The van der Waals surface area contributed by atoms with Gasteiger partial charge in [0.1, 0.15) is 11.9 Å². The van der Waals surface area contributed by atoms with Crippen LogP contribution >= 0.6 is 0 Å². The fraction of sp³-hybridized carbons (Fsp3) is 0.200. The molecular formula is C20H18FNO2. The molecule has 0 aromatic heterocycles. The van der Waals surface area contributed by atoms with Crippen molar-refractivity contribution in [3.8, 4) is 17.2 Å². The Kier molecular flexibility index (Phi) is 5.86. The summed E-state index contributed by atoms with van der Waals surface area (Å²) in [6.45, 7) is 2.13. The molecule has 0 amide bonds. The maximum absolute atomic E-state index is 14.5. The van der Waals surface area contributed by atoms with Crippen LogP contribution in [0.3, 0.4) is 0 Å². The minimum atomic E-state index is -1.23. The van der Waals surface area contributed by atoms with Crippen molar-refractivity contribution < 1.29 is 14.3 Å². The van der Waals surface area contributed by atoms with Crippen LogP contribution in [0.15, 0.2) is 42.5 Å². The van der Waals surface area contributed by atoms with Crippen molar-refractivity contribution in [3.05, 3.63) is 65.0 Å². The molecule has 4 heteroatoms. The van der Waals surface area contributed by atoms with E-state index in [9.17, 15) is 14.3 Å². The van der Waals surface area contributed by atoms with Crippen molar-refractivity contribution in [2.45, 2.75) is 26.2 Å². The van der Waals surface area contributed by atoms with E-state index < -0.39 is 11.8 Å². The van der Waals surface area contributed by atoms with E-state index in [1.807, 2.05) is 18.2 Å². The summed E-state index contributed by atoms with van der Waals surface area (Å²) in [5, 5.41) is 18.2. The lowest BCUT2D eigenvalue weighted by Gasteiger charge is -2.09. The molecule has 0 heterocycles. The highest BCUT2D eigenvalue weighted by molar-refractivity contribution is 5.96. The van der Waals surface area contributed by atoms with Crippen LogP contribution in [-0.2, 0) is 0 Å². The fourth-order valence-corrected chi connectivity index (χ4v) is 2.43. The Labute approximate surface area is 140 Å². The number of nitriles is 1. The molecule has 2 aromatic rings. The zero-order chi connectivity index (χ0) is 17.5. The number of rotatable bonds is 6. The second kappa shape index (κ2) is 8.07. The van der Waals surface area contributed by atoms with Crippen molar-refractivity contribution in [3.63, 3.8) is 0 Å². The van der Waals surface area contributed by atoms with Gasteiger partial charge in [0.25, 0.3) is 0 Å². The van der Waals surface area contributed by atoms with E-state index in [1.165, 1.54) is 12.1 Å². The summed E-state index contributed by atoms with van der Waals surface area (Å²) in [6.07, 6.45) is 7.33. The molecule has 0 aliphatic rings. The number of hydrogen-bond donors (Lipinski definition) is 1. The summed E-state index contributed by atoms with van der Waals surface area (Å²) in [5.74, 6) is -2.03. The number of aromatic carboxylic acids is 1. The number of halogens is 1. The SMILES string of the molecule is CCCC/C=C/c1ccc(-c2c(C(=O)O)ccc(C#N)c2F)cc1. The summed E-state index contributed by atoms with van der Waals surface area (Å²) in [6, 6.07) is 11.2. The molecule has 0 unspecified atom stereocenters. The van der Waals surface area contributed by atoms with Gasteiger partial charge in [0, 0.05) is 5.56 Å². The second-order valence-corrected chi connectivity index (χ2v) is 5.43. The summed E-state index contributed by atoms with van der Waals surface area (Å²) < 4.78 is 14.5. The highest BCUT2D eigenvalue weighted by Crippen LogP contribution is 2.29. The maximum Gasteiger partial charge on any atom is 0.336 e. The summed E-state index contributed by atoms with van der Waals surface area (Å²) >= 11 is 0. The van der Waals surface area contributed by atoms with Gasteiger partial charge >= 0.3 is 5.97 Å². The molecule has 0 aliphatic carbocycles. The Morgan fingerprint density at radius 1 is 1.25 bits per heavy atom. The minimum Gasteiger partial charge on any atom is -0.478 e. The molecule has 0 spiro atoms. The van der Waals surface area contributed by atoms with E-state index in [1.54, 1.807) is 18.2 Å². The van der Waals surface area contributed by atoms with Crippen LogP contribution in [0.4, 0.5) is 4.39 Å². The van der Waals surface area contributed by atoms with E-state index >= 15 is 0 Å². The quantitative estimate of drug-likeness (QED) is 0.737. The average Bonchev–Trinajstić information content (AvgIpc) is 2.59. The lowest BCUT2D eigenvalue weighted by atomic mass is 9.95. The normalized spacial score (nSPS) is 10.7. The predicted octanol–water partition coefficient (Wildman–Crippen LogP) is 5.27. The minimum absolute atomic E-state index is 0.0527. The van der Waals surface area contributed by atoms with Gasteiger partial charge in [0.15, 0.2) is 0 Å². The molecule has 24 heavy (non-hydrogen) atoms. The summed E-state index contributed by atoms with van der Waals surface area (Å²) in [7, 11) is 0. The number of carboxylic acids is 1. The second-order valence-electron chi connectivity index (χ2n) is 5.43. The molecule has 0 saturated carbocycles. The summed E-state index contributed by atoms with van der Waals surface area (Å²) in [5.41, 5.74) is 1.02. The fourth-order valence-electron chi connectivity index (χ4n) is 2.43. The monoisotopic (exact) mass is 323 g/mol. The van der Waals surface area contributed by atoms with Crippen LogP contribution in [0.5, 0.6) is 0 Å². The van der Waals surface area contributed by atoms with E-state index in [0.29, 0.717) is 5.56 Å². The third kappa shape index (κ3) is 3.88. The van der Waals surface area contributed by atoms with Crippen LogP contribution in [0, 0.1) is 17.1 Å². The van der Waals surface area contributed by atoms with E-state index in [4.69, 9.17) is 5.26 Å². The molecule has 0 atom stereocenters.